The van der Waals surface area contributed by atoms with Crippen molar-refractivity contribution in [2.45, 2.75) is 13.5 Å². The van der Waals surface area contributed by atoms with Crippen LogP contribution in [-0.4, -0.2) is 60.4 Å². The Hall–Kier alpha value is -2.62. The number of halogens is 1. The van der Waals surface area contributed by atoms with Gasteiger partial charge in [0.05, 0.1) is 17.6 Å². The average Bonchev–Trinajstić information content (AvgIpc) is 3.40. The molecule has 2 aliphatic rings. The van der Waals surface area contributed by atoms with E-state index in [0.717, 1.165) is 49.6 Å². The molecular formula is C21H21ClN4O4S. The fraction of sp³-hybridized carbons (Fsp3) is 0.381. The second kappa shape index (κ2) is 8.49. The van der Waals surface area contributed by atoms with Gasteiger partial charge in [0.1, 0.15) is 10.6 Å². The number of aromatic nitrogens is 2. The molecule has 5 rings (SSSR count). The minimum atomic E-state index is -0.359. The molecule has 8 nitrogen and oxygen atoms in total. The molecule has 2 aromatic heterocycles. The van der Waals surface area contributed by atoms with Crippen molar-refractivity contribution in [1.82, 2.24) is 14.9 Å². The summed E-state index contributed by atoms with van der Waals surface area (Å²) in [5.41, 5.74) is 1.68. The summed E-state index contributed by atoms with van der Waals surface area (Å²) in [5, 5.41) is 2.67. The summed E-state index contributed by atoms with van der Waals surface area (Å²) >= 11 is 7.56. The number of carbonyl (C=O) groups is 1. The smallest absolute Gasteiger partial charge is 0.339 e. The highest BCUT2D eigenvalue weighted by molar-refractivity contribution is 7.17. The van der Waals surface area contributed by atoms with Crippen molar-refractivity contribution in [3.05, 3.63) is 40.0 Å². The summed E-state index contributed by atoms with van der Waals surface area (Å²) in [5.74, 6) is 1.94. The van der Waals surface area contributed by atoms with E-state index in [2.05, 4.69) is 25.8 Å². The first-order chi connectivity index (χ1) is 15.1. The predicted molar refractivity (Wildman–Crippen MR) is 118 cm³/mol. The summed E-state index contributed by atoms with van der Waals surface area (Å²) in [4.78, 5) is 26.5. The minimum Gasteiger partial charge on any atom is -0.462 e. The zero-order chi connectivity index (χ0) is 21.4. The van der Waals surface area contributed by atoms with Crippen LogP contribution < -0.4 is 14.4 Å². The fourth-order valence-corrected chi connectivity index (χ4v) is 5.02. The van der Waals surface area contributed by atoms with Crippen LogP contribution in [0.1, 0.15) is 22.8 Å². The molecule has 0 atom stereocenters. The number of esters is 1. The molecule has 0 spiro atoms. The Kier molecular flexibility index (Phi) is 5.56. The largest absolute Gasteiger partial charge is 0.462 e. The van der Waals surface area contributed by atoms with E-state index in [1.807, 2.05) is 12.1 Å². The third-order valence-electron chi connectivity index (χ3n) is 5.40. The van der Waals surface area contributed by atoms with Crippen LogP contribution >= 0.6 is 22.9 Å². The van der Waals surface area contributed by atoms with E-state index in [0.29, 0.717) is 22.8 Å². The highest BCUT2D eigenvalue weighted by atomic mass is 35.5. The van der Waals surface area contributed by atoms with Crippen molar-refractivity contribution in [3.63, 3.8) is 0 Å². The van der Waals surface area contributed by atoms with Crippen molar-refractivity contribution in [1.29, 1.82) is 0 Å². The molecule has 0 amide bonds. The maximum atomic E-state index is 12.4. The van der Waals surface area contributed by atoms with Gasteiger partial charge in [0, 0.05) is 38.1 Å². The van der Waals surface area contributed by atoms with Crippen LogP contribution in [0.4, 0.5) is 5.82 Å². The first-order valence-corrected chi connectivity index (χ1v) is 11.4. The van der Waals surface area contributed by atoms with Crippen LogP contribution in [-0.2, 0) is 11.3 Å². The van der Waals surface area contributed by atoms with Gasteiger partial charge in [-0.05, 0) is 36.2 Å². The monoisotopic (exact) mass is 460 g/mol. The quantitative estimate of drug-likeness (QED) is 0.422. The standard InChI is InChI=1S/C21H21ClN4O4S/c1-2-28-20(27)14-11-31-19-17(14)18(23-21(22)24-19)26-7-5-25(6-8-26)10-13-3-4-15-16(9-13)30-12-29-15/h3-4,9,11H,2,5-8,10,12H2,1H3. The lowest BCUT2D eigenvalue weighted by Crippen LogP contribution is -2.46. The SMILES string of the molecule is CCOC(=O)c1csc2nc(Cl)nc(N3CCN(Cc4ccc5c(c4)OCO5)CC3)c12. The number of benzene rings is 1. The van der Waals surface area contributed by atoms with E-state index in [4.69, 9.17) is 25.8 Å². The lowest BCUT2D eigenvalue weighted by Gasteiger charge is -2.35. The van der Waals surface area contributed by atoms with Gasteiger partial charge >= 0.3 is 5.97 Å². The van der Waals surface area contributed by atoms with Crippen LogP contribution in [0.25, 0.3) is 10.2 Å². The average molecular weight is 461 g/mol. The Labute approximate surface area is 188 Å². The number of piperazine rings is 1. The number of fused-ring (bicyclic) bond motifs is 2. The molecular weight excluding hydrogens is 440 g/mol. The zero-order valence-corrected chi connectivity index (χ0v) is 18.5. The highest BCUT2D eigenvalue weighted by Gasteiger charge is 2.26. The topological polar surface area (TPSA) is 77.0 Å². The van der Waals surface area contributed by atoms with Gasteiger partial charge in [0.2, 0.25) is 12.1 Å². The second-order valence-corrected chi connectivity index (χ2v) is 8.51. The summed E-state index contributed by atoms with van der Waals surface area (Å²) < 4.78 is 16.1. The Balaban J connectivity index is 1.33. The molecule has 3 aromatic rings. The second-order valence-electron chi connectivity index (χ2n) is 7.32. The third-order valence-corrected chi connectivity index (χ3v) is 6.44. The van der Waals surface area contributed by atoms with Gasteiger partial charge in [-0.2, -0.15) is 4.98 Å². The van der Waals surface area contributed by atoms with Crippen molar-refractivity contribution in [3.8, 4) is 11.5 Å². The number of thiophene rings is 1. The first kappa shape index (κ1) is 20.3. The molecule has 0 bridgehead atoms. The molecule has 2 aliphatic heterocycles. The molecule has 162 valence electrons. The summed E-state index contributed by atoms with van der Waals surface area (Å²) in [6.45, 7) is 6.47. The van der Waals surface area contributed by atoms with E-state index >= 15 is 0 Å². The molecule has 0 unspecified atom stereocenters. The van der Waals surface area contributed by atoms with E-state index in [1.54, 1.807) is 12.3 Å². The van der Waals surface area contributed by atoms with Crippen molar-refractivity contribution < 1.29 is 19.0 Å². The number of rotatable bonds is 5. The number of carbonyl (C=O) groups excluding carboxylic acids is 1. The number of anilines is 1. The van der Waals surface area contributed by atoms with Crippen LogP contribution in [0.15, 0.2) is 23.6 Å². The van der Waals surface area contributed by atoms with Gasteiger partial charge in [-0.15, -0.1) is 11.3 Å². The summed E-state index contributed by atoms with van der Waals surface area (Å²) in [6, 6.07) is 6.07. The Morgan fingerprint density at radius 1 is 1.19 bits per heavy atom. The molecule has 0 saturated carbocycles. The van der Waals surface area contributed by atoms with Gasteiger partial charge in [-0.25, -0.2) is 9.78 Å². The van der Waals surface area contributed by atoms with Crippen LogP contribution in [0.5, 0.6) is 11.5 Å². The van der Waals surface area contributed by atoms with Crippen LogP contribution in [0.2, 0.25) is 5.28 Å². The number of hydrogen-bond donors (Lipinski definition) is 0. The van der Waals surface area contributed by atoms with Gasteiger partial charge < -0.3 is 19.1 Å². The third kappa shape index (κ3) is 4.00. The molecule has 1 saturated heterocycles. The Morgan fingerprint density at radius 2 is 2.00 bits per heavy atom. The molecule has 31 heavy (non-hydrogen) atoms. The molecule has 4 heterocycles. The molecule has 10 heteroatoms. The fourth-order valence-electron chi connectivity index (χ4n) is 3.90. The van der Waals surface area contributed by atoms with Crippen LogP contribution in [0.3, 0.4) is 0 Å². The molecule has 0 aliphatic carbocycles. The van der Waals surface area contributed by atoms with E-state index < -0.39 is 0 Å². The van der Waals surface area contributed by atoms with E-state index in [9.17, 15) is 4.79 Å². The Bertz CT molecular complexity index is 1130. The maximum absolute atomic E-state index is 12.4. The van der Waals surface area contributed by atoms with Gasteiger partial charge in [0.25, 0.3) is 0 Å². The van der Waals surface area contributed by atoms with Crippen molar-refractivity contribution in [2.24, 2.45) is 0 Å². The maximum Gasteiger partial charge on any atom is 0.339 e. The minimum absolute atomic E-state index is 0.183. The molecule has 1 aromatic carbocycles. The highest BCUT2D eigenvalue weighted by Crippen LogP contribution is 2.35. The van der Waals surface area contributed by atoms with Gasteiger partial charge in [-0.1, -0.05) is 6.07 Å². The summed E-state index contributed by atoms with van der Waals surface area (Å²) in [6.07, 6.45) is 0. The lowest BCUT2D eigenvalue weighted by molar-refractivity contribution is 0.0529. The molecule has 0 radical (unpaired) electrons. The van der Waals surface area contributed by atoms with Crippen molar-refractivity contribution >= 4 is 44.9 Å². The number of hydrogen-bond acceptors (Lipinski definition) is 9. The number of ether oxygens (including phenoxy) is 3. The van der Waals surface area contributed by atoms with Gasteiger partial charge in [-0.3, -0.25) is 4.90 Å². The normalized spacial score (nSPS) is 16.1. The first-order valence-electron chi connectivity index (χ1n) is 10.1. The molecule has 1 fully saturated rings. The predicted octanol–water partition coefficient (Wildman–Crippen LogP) is 3.57. The zero-order valence-electron chi connectivity index (χ0n) is 17.0. The van der Waals surface area contributed by atoms with Gasteiger partial charge in [0.15, 0.2) is 11.5 Å². The summed E-state index contributed by atoms with van der Waals surface area (Å²) in [7, 11) is 0. The number of nitrogens with zero attached hydrogens (tertiary/aromatic N) is 4. The lowest BCUT2D eigenvalue weighted by atomic mass is 10.1. The van der Waals surface area contributed by atoms with E-state index in [1.165, 1.54) is 16.9 Å². The van der Waals surface area contributed by atoms with Crippen molar-refractivity contribution in [2.75, 3.05) is 44.5 Å². The Morgan fingerprint density at radius 3 is 2.81 bits per heavy atom. The van der Waals surface area contributed by atoms with Crippen LogP contribution in [0, 0.1) is 0 Å². The van der Waals surface area contributed by atoms with E-state index in [-0.39, 0.29) is 18.0 Å². The molecule has 0 N–H and O–H groups in total.